The molecule has 0 saturated carbocycles. The molecule has 2 aromatic carbocycles. The Morgan fingerprint density at radius 1 is 0.871 bits per heavy atom. The van der Waals surface area contributed by atoms with Gasteiger partial charge in [-0.25, -0.2) is 16.8 Å². The molecule has 0 bridgehead atoms. The van der Waals surface area contributed by atoms with Crippen LogP contribution in [0, 0.1) is 0 Å². The maximum Gasteiger partial charge on any atom is 0.245 e. The van der Waals surface area contributed by atoms with Gasteiger partial charge >= 0.3 is 0 Å². The van der Waals surface area contributed by atoms with Crippen LogP contribution in [0.2, 0.25) is 0 Å². The van der Waals surface area contributed by atoms with Crippen LogP contribution >= 0.6 is 12.2 Å². The zero-order valence-corrected chi connectivity index (χ0v) is 20.8. The van der Waals surface area contributed by atoms with Crippen LogP contribution in [-0.4, -0.2) is 34.5 Å². The summed E-state index contributed by atoms with van der Waals surface area (Å²) < 4.78 is 48.8. The zero-order chi connectivity index (χ0) is 23.4. The third-order valence-corrected chi connectivity index (χ3v) is 8.01. The van der Waals surface area contributed by atoms with Crippen LogP contribution in [0.5, 0.6) is 0 Å². The van der Waals surface area contributed by atoms with E-state index in [1.54, 1.807) is 18.2 Å². The summed E-state index contributed by atoms with van der Waals surface area (Å²) in [5.74, 6) is 0. The summed E-state index contributed by atoms with van der Waals surface area (Å²) in [5, 5.41) is 6.49. The number of para-hydroxylation sites is 1. The van der Waals surface area contributed by atoms with Crippen molar-refractivity contribution < 1.29 is 16.8 Å². The fourth-order valence-electron chi connectivity index (χ4n) is 2.98. The van der Waals surface area contributed by atoms with E-state index in [4.69, 9.17) is 12.2 Å². The van der Waals surface area contributed by atoms with Crippen molar-refractivity contribution >= 4 is 43.1 Å². The number of thiocarbonyl (C=S) groups is 1. The summed E-state index contributed by atoms with van der Waals surface area (Å²) in [6, 6.07) is 14.7. The first kappa shape index (κ1) is 25.1. The van der Waals surface area contributed by atoms with Crippen molar-refractivity contribution in [3.8, 4) is 0 Å². The van der Waals surface area contributed by atoms with Gasteiger partial charge in [0.1, 0.15) is 0 Å². The molecular formula is C21H29N3O4S3. The predicted octanol–water partition coefficient (Wildman–Crippen LogP) is 2.87. The van der Waals surface area contributed by atoms with Crippen molar-refractivity contribution in [2.45, 2.75) is 39.3 Å². The van der Waals surface area contributed by atoms with Gasteiger partial charge in [-0.05, 0) is 40.4 Å². The monoisotopic (exact) mass is 483 g/mol. The number of benzene rings is 2. The Bertz CT molecular complexity index is 1110. The molecule has 2 N–H and O–H groups in total. The highest BCUT2D eigenvalue weighted by molar-refractivity contribution is 8.09. The lowest BCUT2D eigenvalue weighted by Crippen LogP contribution is -2.37. The van der Waals surface area contributed by atoms with Crippen molar-refractivity contribution in [3.05, 3.63) is 65.2 Å². The molecule has 0 aliphatic heterocycles. The quantitative estimate of drug-likeness (QED) is 0.585. The van der Waals surface area contributed by atoms with E-state index >= 15 is 0 Å². The third-order valence-electron chi connectivity index (χ3n) is 4.50. The average Bonchev–Trinajstić information content (AvgIpc) is 2.63. The third kappa shape index (κ3) is 7.19. The van der Waals surface area contributed by atoms with E-state index in [0.717, 1.165) is 18.1 Å². The first-order valence-electron chi connectivity index (χ1n) is 9.59. The first-order chi connectivity index (χ1) is 14.2. The summed E-state index contributed by atoms with van der Waals surface area (Å²) >= 11 is 5.32. The molecule has 0 aliphatic rings. The molecule has 31 heavy (non-hydrogen) atoms. The molecule has 10 heteroatoms. The van der Waals surface area contributed by atoms with E-state index in [1.807, 2.05) is 12.1 Å². The van der Waals surface area contributed by atoms with Crippen LogP contribution in [0.25, 0.3) is 0 Å². The summed E-state index contributed by atoms with van der Waals surface area (Å²) in [4.78, 5) is 0. The minimum absolute atomic E-state index is 0.0700. The SMILES string of the molecule is CC(C)(C)c1ccc(CNC(=S)NCc2ccccc2N(S(C)(=O)=O)S(C)(=O)=O)cc1. The highest BCUT2D eigenvalue weighted by atomic mass is 32.3. The van der Waals surface area contributed by atoms with Crippen molar-refractivity contribution in [2.24, 2.45) is 0 Å². The summed E-state index contributed by atoms with van der Waals surface area (Å²) in [7, 11) is -8.06. The minimum Gasteiger partial charge on any atom is -0.359 e. The van der Waals surface area contributed by atoms with Gasteiger partial charge in [-0.2, -0.15) is 3.71 Å². The Morgan fingerprint density at radius 3 is 1.90 bits per heavy atom. The van der Waals surface area contributed by atoms with Crippen LogP contribution < -0.4 is 14.3 Å². The Hall–Kier alpha value is -2.17. The molecule has 0 radical (unpaired) electrons. The summed E-state index contributed by atoms with van der Waals surface area (Å²) in [6.07, 6.45) is 1.71. The van der Waals surface area contributed by atoms with Crippen LogP contribution in [0.3, 0.4) is 0 Å². The van der Waals surface area contributed by atoms with E-state index in [0.29, 0.717) is 20.9 Å². The van der Waals surface area contributed by atoms with E-state index < -0.39 is 20.0 Å². The minimum atomic E-state index is -4.03. The zero-order valence-electron chi connectivity index (χ0n) is 18.3. The van der Waals surface area contributed by atoms with Crippen LogP contribution in [0.1, 0.15) is 37.5 Å². The maximum absolute atomic E-state index is 12.1. The van der Waals surface area contributed by atoms with Gasteiger partial charge in [-0.3, -0.25) is 0 Å². The molecule has 0 spiro atoms. The van der Waals surface area contributed by atoms with E-state index in [2.05, 4.69) is 43.5 Å². The number of anilines is 1. The molecule has 2 aromatic rings. The van der Waals surface area contributed by atoms with Crippen molar-refractivity contribution in [3.63, 3.8) is 0 Å². The largest absolute Gasteiger partial charge is 0.359 e. The fourth-order valence-corrected chi connectivity index (χ4v) is 6.17. The van der Waals surface area contributed by atoms with Gasteiger partial charge in [-0.15, -0.1) is 0 Å². The number of sulfonamides is 2. The van der Waals surface area contributed by atoms with Gasteiger partial charge in [0.15, 0.2) is 5.11 Å². The average molecular weight is 484 g/mol. The van der Waals surface area contributed by atoms with Crippen molar-refractivity contribution in [2.75, 3.05) is 16.2 Å². The number of rotatable bonds is 7. The van der Waals surface area contributed by atoms with Gasteiger partial charge in [0.05, 0.1) is 18.2 Å². The number of nitrogens with one attached hydrogen (secondary N) is 2. The lowest BCUT2D eigenvalue weighted by molar-refractivity contribution is 0.589. The van der Waals surface area contributed by atoms with Gasteiger partial charge in [0.2, 0.25) is 20.0 Å². The molecule has 0 unspecified atom stereocenters. The van der Waals surface area contributed by atoms with Gasteiger partial charge in [0.25, 0.3) is 0 Å². The van der Waals surface area contributed by atoms with E-state index in [9.17, 15) is 16.8 Å². The first-order valence-corrected chi connectivity index (χ1v) is 13.7. The molecule has 0 atom stereocenters. The smallest absolute Gasteiger partial charge is 0.245 e. The Morgan fingerprint density at radius 2 is 1.39 bits per heavy atom. The summed E-state index contributed by atoms with van der Waals surface area (Å²) in [5.41, 5.74) is 2.95. The second-order valence-corrected chi connectivity index (χ2v) is 12.6. The molecule has 0 heterocycles. The Balaban J connectivity index is 2.06. The van der Waals surface area contributed by atoms with Gasteiger partial charge in [-0.1, -0.05) is 63.2 Å². The highest BCUT2D eigenvalue weighted by Crippen LogP contribution is 2.25. The molecule has 0 amide bonds. The van der Waals surface area contributed by atoms with Crippen molar-refractivity contribution in [1.82, 2.24) is 10.6 Å². The second kappa shape index (κ2) is 9.54. The maximum atomic E-state index is 12.1. The molecule has 0 saturated heterocycles. The van der Waals surface area contributed by atoms with Crippen LogP contribution in [0.15, 0.2) is 48.5 Å². The molecule has 0 aliphatic carbocycles. The number of nitrogens with zero attached hydrogens (tertiary/aromatic N) is 1. The van der Waals surface area contributed by atoms with Crippen LogP contribution in [-0.2, 0) is 38.6 Å². The molecule has 170 valence electrons. The highest BCUT2D eigenvalue weighted by Gasteiger charge is 2.29. The van der Waals surface area contributed by atoms with Crippen molar-refractivity contribution in [1.29, 1.82) is 0 Å². The predicted molar refractivity (Wildman–Crippen MR) is 130 cm³/mol. The normalized spacial score (nSPS) is 12.3. The number of hydrogen-bond donors (Lipinski definition) is 2. The van der Waals surface area contributed by atoms with E-state index in [-0.39, 0.29) is 17.6 Å². The lowest BCUT2D eigenvalue weighted by Gasteiger charge is -2.23. The fraction of sp³-hybridized carbons (Fsp3) is 0.381. The Kier molecular flexibility index (Phi) is 7.72. The Labute approximate surface area is 191 Å². The number of hydrogen-bond acceptors (Lipinski definition) is 5. The lowest BCUT2D eigenvalue weighted by atomic mass is 9.87. The molecule has 0 fully saturated rings. The van der Waals surface area contributed by atoms with Gasteiger partial charge in [0, 0.05) is 13.1 Å². The standard InChI is InChI=1S/C21H29N3O4S3/c1-21(2,3)18-12-10-16(11-13-18)14-22-20(29)23-15-17-8-6-7-9-19(17)24(30(4,25)26)31(5,27)28/h6-13H,14-15H2,1-5H3,(H2,22,23,29). The topological polar surface area (TPSA) is 95.6 Å². The van der Waals surface area contributed by atoms with Gasteiger partial charge < -0.3 is 10.6 Å². The molecule has 2 rings (SSSR count). The van der Waals surface area contributed by atoms with Crippen LogP contribution in [0.4, 0.5) is 5.69 Å². The second-order valence-electron chi connectivity index (χ2n) is 8.34. The molecule has 7 nitrogen and oxygen atoms in total. The summed E-state index contributed by atoms with van der Waals surface area (Å²) in [6.45, 7) is 7.16. The molecule has 0 aromatic heterocycles. The molecular weight excluding hydrogens is 454 g/mol. The van der Waals surface area contributed by atoms with E-state index in [1.165, 1.54) is 11.6 Å².